The normalized spacial score (nSPS) is 18.2. The van der Waals surface area contributed by atoms with Crippen LogP contribution in [0.2, 0.25) is 0 Å². The third-order valence-electron chi connectivity index (χ3n) is 3.54. The van der Waals surface area contributed by atoms with Gasteiger partial charge in [-0.05, 0) is 18.4 Å². The first-order valence-corrected chi connectivity index (χ1v) is 7.29. The molecule has 0 bridgehead atoms. The number of hydrogen-bond donors (Lipinski definition) is 1. The summed E-state index contributed by atoms with van der Waals surface area (Å²) in [6.07, 6.45) is 1.77. The van der Waals surface area contributed by atoms with Gasteiger partial charge in [0, 0.05) is 6.04 Å². The topological polar surface area (TPSA) is 47.6 Å². The summed E-state index contributed by atoms with van der Waals surface area (Å²) in [7, 11) is 0. The van der Waals surface area contributed by atoms with Gasteiger partial charge in [0.25, 0.3) is 0 Å². The molecule has 1 saturated heterocycles. The first kappa shape index (κ1) is 15.0. The lowest BCUT2D eigenvalue weighted by Gasteiger charge is -2.20. The van der Waals surface area contributed by atoms with Gasteiger partial charge in [-0.3, -0.25) is 4.79 Å². The van der Waals surface area contributed by atoms with E-state index in [-0.39, 0.29) is 17.9 Å². The van der Waals surface area contributed by atoms with Crippen LogP contribution < -0.4 is 5.32 Å². The third-order valence-corrected chi connectivity index (χ3v) is 3.54. The molecule has 1 N–H and O–H groups in total. The van der Waals surface area contributed by atoms with Gasteiger partial charge in [0.1, 0.15) is 0 Å². The molecular weight excluding hydrogens is 254 g/mol. The predicted molar refractivity (Wildman–Crippen MR) is 77.5 cm³/mol. The summed E-state index contributed by atoms with van der Waals surface area (Å²) in [5.41, 5.74) is 1.24. The van der Waals surface area contributed by atoms with E-state index in [2.05, 4.69) is 24.4 Å². The number of benzene rings is 1. The fourth-order valence-corrected chi connectivity index (χ4v) is 2.28. The van der Waals surface area contributed by atoms with Crippen molar-refractivity contribution in [3.63, 3.8) is 0 Å². The Hall–Kier alpha value is -1.39. The smallest absolute Gasteiger partial charge is 0.228 e. The molecule has 4 nitrogen and oxygen atoms in total. The van der Waals surface area contributed by atoms with E-state index in [0.29, 0.717) is 26.4 Å². The van der Waals surface area contributed by atoms with Crippen LogP contribution in [0.1, 0.15) is 18.9 Å². The van der Waals surface area contributed by atoms with Crippen molar-refractivity contribution < 1.29 is 14.3 Å². The van der Waals surface area contributed by atoms with Crippen molar-refractivity contribution in [1.82, 2.24) is 5.32 Å². The summed E-state index contributed by atoms with van der Waals surface area (Å²) in [5, 5.41) is 3.11. The number of ether oxygens (including phenoxy) is 2. The average Bonchev–Trinajstić information content (AvgIpc) is 2.76. The van der Waals surface area contributed by atoms with Crippen molar-refractivity contribution in [3.05, 3.63) is 35.9 Å². The molecule has 0 unspecified atom stereocenters. The molecule has 0 aliphatic carbocycles. The summed E-state index contributed by atoms with van der Waals surface area (Å²) in [5.74, 6) is -0.156. The van der Waals surface area contributed by atoms with Crippen molar-refractivity contribution in [2.75, 3.05) is 26.4 Å². The Morgan fingerprint density at radius 1 is 1.25 bits per heavy atom. The van der Waals surface area contributed by atoms with Gasteiger partial charge in [-0.1, -0.05) is 37.3 Å². The maximum absolute atomic E-state index is 12.2. The summed E-state index contributed by atoms with van der Waals surface area (Å²) in [6, 6.07) is 10.4. The highest BCUT2D eigenvalue weighted by Gasteiger charge is 2.23. The molecule has 1 aromatic rings. The van der Waals surface area contributed by atoms with Gasteiger partial charge in [0.2, 0.25) is 5.91 Å². The third kappa shape index (κ3) is 4.62. The standard InChI is InChI=1S/C16H23NO3/c1-2-15(10-13-6-4-3-5-7-13)17-16(18)14-11-19-8-9-20-12-14/h3-7,14-15H,2,8-12H2,1H3,(H,17,18)/t15-/m1/s1. The van der Waals surface area contributed by atoms with Gasteiger partial charge in [0.15, 0.2) is 0 Å². The maximum atomic E-state index is 12.2. The Kier molecular flexibility index (Phi) is 6.02. The fraction of sp³-hybridized carbons (Fsp3) is 0.562. The highest BCUT2D eigenvalue weighted by atomic mass is 16.5. The molecule has 110 valence electrons. The summed E-state index contributed by atoms with van der Waals surface area (Å²) in [6.45, 7) is 4.14. The zero-order valence-electron chi connectivity index (χ0n) is 12.0. The molecule has 0 radical (unpaired) electrons. The van der Waals surface area contributed by atoms with E-state index in [4.69, 9.17) is 9.47 Å². The molecule has 2 rings (SSSR count). The average molecular weight is 277 g/mol. The Morgan fingerprint density at radius 3 is 2.50 bits per heavy atom. The minimum atomic E-state index is -0.192. The number of hydrogen-bond acceptors (Lipinski definition) is 3. The van der Waals surface area contributed by atoms with Crippen molar-refractivity contribution in [2.45, 2.75) is 25.8 Å². The van der Waals surface area contributed by atoms with E-state index < -0.39 is 0 Å². The van der Waals surface area contributed by atoms with Crippen LogP contribution in [0.5, 0.6) is 0 Å². The molecule has 4 heteroatoms. The second-order valence-electron chi connectivity index (χ2n) is 5.15. The number of carbonyl (C=O) groups excluding carboxylic acids is 1. The monoisotopic (exact) mass is 277 g/mol. The fourth-order valence-electron chi connectivity index (χ4n) is 2.28. The lowest BCUT2D eigenvalue weighted by atomic mass is 10.0. The minimum Gasteiger partial charge on any atom is -0.378 e. The van der Waals surface area contributed by atoms with Gasteiger partial charge in [-0.25, -0.2) is 0 Å². The van der Waals surface area contributed by atoms with Gasteiger partial charge in [-0.2, -0.15) is 0 Å². The van der Waals surface area contributed by atoms with Gasteiger partial charge in [0.05, 0.1) is 32.3 Å². The van der Waals surface area contributed by atoms with Crippen LogP contribution in [0, 0.1) is 5.92 Å². The van der Waals surface area contributed by atoms with Gasteiger partial charge < -0.3 is 14.8 Å². The largest absolute Gasteiger partial charge is 0.378 e. The van der Waals surface area contributed by atoms with Crippen molar-refractivity contribution in [3.8, 4) is 0 Å². The van der Waals surface area contributed by atoms with Crippen LogP contribution in [0.3, 0.4) is 0 Å². The van der Waals surface area contributed by atoms with Crippen LogP contribution in [-0.2, 0) is 20.7 Å². The number of rotatable bonds is 5. The molecule has 1 heterocycles. The van der Waals surface area contributed by atoms with E-state index in [1.807, 2.05) is 18.2 Å². The first-order valence-electron chi connectivity index (χ1n) is 7.29. The Morgan fingerprint density at radius 2 is 1.90 bits per heavy atom. The van der Waals surface area contributed by atoms with Crippen LogP contribution in [0.25, 0.3) is 0 Å². The molecule has 1 atom stereocenters. The van der Waals surface area contributed by atoms with Crippen LogP contribution >= 0.6 is 0 Å². The molecule has 1 aliphatic heterocycles. The second-order valence-corrected chi connectivity index (χ2v) is 5.15. The molecule has 1 fully saturated rings. The van der Waals surface area contributed by atoms with Crippen LogP contribution in [-0.4, -0.2) is 38.4 Å². The van der Waals surface area contributed by atoms with Crippen molar-refractivity contribution in [2.24, 2.45) is 5.92 Å². The minimum absolute atomic E-state index is 0.0367. The van der Waals surface area contributed by atoms with E-state index in [1.54, 1.807) is 0 Å². The molecule has 20 heavy (non-hydrogen) atoms. The number of carbonyl (C=O) groups is 1. The Balaban J connectivity index is 1.87. The van der Waals surface area contributed by atoms with E-state index in [1.165, 1.54) is 5.56 Å². The van der Waals surface area contributed by atoms with Gasteiger partial charge in [-0.15, -0.1) is 0 Å². The van der Waals surface area contributed by atoms with Crippen LogP contribution in [0.15, 0.2) is 30.3 Å². The number of nitrogens with one attached hydrogen (secondary N) is 1. The van der Waals surface area contributed by atoms with Gasteiger partial charge >= 0.3 is 0 Å². The molecule has 1 amide bonds. The molecule has 0 spiro atoms. The highest BCUT2D eigenvalue weighted by molar-refractivity contribution is 5.79. The predicted octanol–water partition coefficient (Wildman–Crippen LogP) is 1.79. The number of amides is 1. The zero-order chi connectivity index (χ0) is 14.2. The van der Waals surface area contributed by atoms with Crippen molar-refractivity contribution >= 4 is 5.91 Å². The second kappa shape index (κ2) is 8.02. The van der Waals surface area contributed by atoms with Crippen LogP contribution in [0.4, 0.5) is 0 Å². The van der Waals surface area contributed by atoms with E-state index in [0.717, 1.165) is 12.8 Å². The lowest BCUT2D eigenvalue weighted by Crippen LogP contribution is -2.42. The summed E-state index contributed by atoms with van der Waals surface area (Å²) in [4.78, 5) is 12.2. The maximum Gasteiger partial charge on any atom is 0.228 e. The molecule has 0 saturated carbocycles. The Bertz CT molecular complexity index is 399. The first-order chi connectivity index (χ1) is 9.79. The SMILES string of the molecule is CC[C@H](Cc1ccccc1)NC(=O)C1COCCOC1. The Labute approximate surface area is 120 Å². The van der Waals surface area contributed by atoms with Crippen molar-refractivity contribution in [1.29, 1.82) is 0 Å². The molecular formula is C16H23NO3. The van der Waals surface area contributed by atoms with E-state index >= 15 is 0 Å². The molecule has 0 aromatic heterocycles. The lowest BCUT2D eigenvalue weighted by molar-refractivity contribution is -0.128. The molecule has 1 aliphatic rings. The molecule has 1 aromatic carbocycles. The highest BCUT2D eigenvalue weighted by Crippen LogP contribution is 2.09. The van der Waals surface area contributed by atoms with E-state index in [9.17, 15) is 4.79 Å². The zero-order valence-corrected chi connectivity index (χ0v) is 12.0. The summed E-state index contributed by atoms with van der Waals surface area (Å²) < 4.78 is 10.8. The quantitative estimate of drug-likeness (QED) is 0.892. The summed E-state index contributed by atoms with van der Waals surface area (Å²) >= 11 is 0.